The zero-order chi connectivity index (χ0) is 13.9. The maximum atomic E-state index is 10.8. The topological polar surface area (TPSA) is 116 Å². The second-order valence-corrected chi connectivity index (χ2v) is 4.74. The summed E-state index contributed by atoms with van der Waals surface area (Å²) >= 11 is 3.15. The highest BCUT2D eigenvalue weighted by Crippen LogP contribution is 2.29. The van der Waals surface area contributed by atoms with E-state index in [0.29, 0.717) is 4.47 Å². The number of carboxylic acid groups (broad SMARTS) is 1. The van der Waals surface area contributed by atoms with Crippen LogP contribution in [0.5, 0.6) is 5.75 Å². The molecular formula is C10H11BrN2O5. The van der Waals surface area contributed by atoms with E-state index in [1.54, 1.807) is 0 Å². The Bertz CT molecular complexity index is 489. The highest BCUT2D eigenvalue weighted by atomic mass is 79.9. The van der Waals surface area contributed by atoms with Crippen molar-refractivity contribution in [3.63, 3.8) is 0 Å². The zero-order valence-electron chi connectivity index (χ0n) is 9.42. The molecule has 1 aromatic carbocycles. The van der Waals surface area contributed by atoms with Crippen LogP contribution in [0.2, 0.25) is 0 Å². The third-order valence-corrected chi connectivity index (χ3v) is 2.80. The third kappa shape index (κ3) is 3.41. The van der Waals surface area contributed by atoms with Crippen molar-refractivity contribution in [2.45, 2.75) is 12.5 Å². The minimum Gasteiger partial charge on any atom is -0.490 e. The number of nitrogens with two attached hydrogens (primary N) is 1. The lowest BCUT2D eigenvalue weighted by Crippen LogP contribution is -2.49. The van der Waals surface area contributed by atoms with Crippen LogP contribution in [-0.4, -0.2) is 28.1 Å². The molecule has 1 rings (SSSR count). The average Bonchev–Trinajstić information content (AvgIpc) is 2.27. The molecule has 0 aliphatic heterocycles. The first-order chi connectivity index (χ1) is 8.24. The van der Waals surface area contributed by atoms with Gasteiger partial charge in [-0.3, -0.25) is 14.9 Å². The van der Waals surface area contributed by atoms with Gasteiger partial charge in [-0.1, -0.05) is 0 Å². The number of ether oxygens (including phenoxy) is 1. The fourth-order valence-corrected chi connectivity index (χ4v) is 1.37. The fraction of sp³-hybridized carbons (Fsp3) is 0.300. The highest BCUT2D eigenvalue weighted by Gasteiger charge is 2.29. The molecule has 0 aliphatic carbocycles. The standard InChI is InChI=1S/C10H11BrN2O5/c1-10(12,9(14)15)5-18-8-4-6(13(16)17)2-3-7(8)11/h2-4H,5,12H2,1H3,(H,14,15). The first kappa shape index (κ1) is 14.4. The quantitative estimate of drug-likeness (QED) is 0.628. The van der Waals surface area contributed by atoms with Gasteiger partial charge >= 0.3 is 5.97 Å². The molecule has 0 spiro atoms. The molecule has 1 unspecified atom stereocenters. The Hall–Kier alpha value is -1.67. The number of halogens is 1. The van der Waals surface area contributed by atoms with Gasteiger partial charge in [0.05, 0.1) is 15.5 Å². The van der Waals surface area contributed by atoms with Gasteiger partial charge in [0.1, 0.15) is 17.9 Å². The molecule has 0 bridgehead atoms. The molecular weight excluding hydrogens is 308 g/mol. The Kier molecular flexibility index (Phi) is 4.25. The van der Waals surface area contributed by atoms with Gasteiger partial charge in [-0.05, 0) is 28.9 Å². The number of aliphatic carboxylic acids is 1. The van der Waals surface area contributed by atoms with Crippen molar-refractivity contribution in [2.75, 3.05) is 6.61 Å². The van der Waals surface area contributed by atoms with E-state index in [0.717, 1.165) is 0 Å². The molecule has 0 saturated carbocycles. The van der Waals surface area contributed by atoms with Crippen molar-refractivity contribution in [1.29, 1.82) is 0 Å². The lowest BCUT2D eigenvalue weighted by Gasteiger charge is -2.19. The van der Waals surface area contributed by atoms with E-state index in [4.69, 9.17) is 15.6 Å². The summed E-state index contributed by atoms with van der Waals surface area (Å²) in [6.07, 6.45) is 0. The molecule has 0 fully saturated rings. The van der Waals surface area contributed by atoms with Gasteiger partial charge in [0.25, 0.3) is 5.69 Å². The summed E-state index contributed by atoms with van der Waals surface area (Å²) in [5, 5.41) is 19.4. The lowest BCUT2D eigenvalue weighted by molar-refractivity contribution is -0.385. The molecule has 1 atom stereocenters. The van der Waals surface area contributed by atoms with Gasteiger partial charge in [-0.25, -0.2) is 0 Å². The van der Waals surface area contributed by atoms with Crippen LogP contribution in [0.15, 0.2) is 22.7 Å². The minimum absolute atomic E-state index is 0.151. The zero-order valence-corrected chi connectivity index (χ0v) is 11.0. The number of nitro benzene ring substituents is 1. The fourth-order valence-electron chi connectivity index (χ4n) is 1.01. The first-order valence-electron chi connectivity index (χ1n) is 4.83. The smallest absolute Gasteiger partial charge is 0.326 e. The third-order valence-electron chi connectivity index (χ3n) is 2.14. The van der Waals surface area contributed by atoms with E-state index in [-0.39, 0.29) is 18.0 Å². The molecule has 0 amide bonds. The van der Waals surface area contributed by atoms with E-state index < -0.39 is 16.4 Å². The Morgan fingerprint density at radius 1 is 1.67 bits per heavy atom. The van der Waals surface area contributed by atoms with E-state index in [1.165, 1.54) is 25.1 Å². The normalized spacial score (nSPS) is 13.7. The van der Waals surface area contributed by atoms with Gasteiger partial charge < -0.3 is 15.6 Å². The van der Waals surface area contributed by atoms with Crippen LogP contribution in [0.1, 0.15) is 6.92 Å². The molecule has 0 radical (unpaired) electrons. The predicted molar refractivity (Wildman–Crippen MR) is 66.5 cm³/mol. The van der Waals surface area contributed by atoms with Crippen molar-refractivity contribution in [3.8, 4) is 5.75 Å². The van der Waals surface area contributed by atoms with Crippen molar-refractivity contribution in [1.82, 2.24) is 0 Å². The second-order valence-electron chi connectivity index (χ2n) is 3.88. The van der Waals surface area contributed by atoms with Crippen LogP contribution < -0.4 is 10.5 Å². The SMILES string of the molecule is CC(N)(COc1cc([N+](=O)[O-])ccc1Br)C(=O)O. The summed E-state index contributed by atoms with van der Waals surface area (Å²) in [4.78, 5) is 20.8. The number of nitro groups is 1. The van der Waals surface area contributed by atoms with Gasteiger partial charge in [-0.15, -0.1) is 0 Å². The Morgan fingerprint density at radius 2 is 2.28 bits per heavy atom. The summed E-state index contributed by atoms with van der Waals surface area (Å²) < 4.78 is 5.68. The summed E-state index contributed by atoms with van der Waals surface area (Å²) in [7, 11) is 0. The van der Waals surface area contributed by atoms with E-state index in [2.05, 4.69) is 15.9 Å². The monoisotopic (exact) mass is 318 g/mol. The van der Waals surface area contributed by atoms with E-state index in [9.17, 15) is 14.9 Å². The molecule has 0 heterocycles. The Morgan fingerprint density at radius 3 is 2.78 bits per heavy atom. The molecule has 18 heavy (non-hydrogen) atoms. The number of hydrogen-bond donors (Lipinski definition) is 2. The minimum atomic E-state index is -1.57. The van der Waals surface area contributed by atoms with Crippen molar-refractivity contribution < 1.29 is 19.6 Å². The van der Waals surface area contributed by atoms with Crippen LogP contribution in [0.3, 0.4) is 0 Å². The van der Waals surface area contributed by atoms with Gasteiger partial charge in [0.2, 0.25) is 0 Å². The number of carbonyl (C=O) groups is 1. The second kappa shape index (κ2) is 5.32. The number of non-ortho nitro benzene ring substituents is 1. The molecule has 7 nitrogen and oxygen atoms in total. The van der Waals surface area contributed by atoms with Crippen LogP contribution in [0, 0.1) is 10.1 Å². The van der Waals surface area contributed by atoms with Gasteiger partial charge in [0, 0.05) is 6.07 Å². The van der Waals surface area contributed by atoms with Crippen LogP contribution in [0.4, 0.5) is 5.69 Å². The molecule has 3 N–H and O–H groups in total. The summed E-state index contributed by atoms with van der Waals surface area (Å²) in [5.41, 5.74) is 3.77. The van der Waals surface area contributed by atoms with Crippen LogP contribution >= 0.6 is 15.9 Å². The average molecular weight is 319 g/mol. The van der Waals surface area contributed by atoms with Crippen LogP contribution in [0.25, 0.3) is 0 Å². The summed E-state index contributed by atoms with van der Waals surface area (Å²) in [5.74, 6) is -1.05. The van der Waals surface area contributed by atoms with Crippen LogP contribution in [-0.2, 0) is 4.79 Å². The maximum absolute atomic E-state index is 10.8. The number of rotatable bonds is 5. The van der Waals surface area contributed by atoms with E-state index >= 15 is 0 Å². The van der Waals surface area contributed by atoms with Gasteiger partial charge in [-0.2, -0.15) is 0 Å². The highest BCUT2D eigenvalue weighted by molar-refractivity contribution is 9.10. The molecule has 98 valence electrons. The molecule has 1 aromatic rings. The largest absolute Gasteiger partial charge is 0.490 e. The predicted octanol–water partition coefficient (Wildman–Crippen LogP) is 1.54. The first-order valence-corrected chi connectivity index (χ1v) is 5.62. The van der Waals surface area contributed by atoms with Crippen molar-refractivity contribution in [3.05, 3.63) is 32.8 Å². The van der Waals surface area contributed by atoms with Gasteiger partial charge in [0.15, 0.2) is 0 Å². The number of benzene rings is 1. The Labute approximate surface area is 111 Å². The molecule has 8 heteroatoms. The number of hydrogen-bond acceptors (Lipinski definition) is 5. The molecule has 0 aliphatic rings. The summed E-state index contributed by atoms with van der Waals surface area (Å²) in [6, 6.07) is 3.94. The number of carboxylic acids is 1. The van der Waals surface area contributed by atoms with Crippen molar-refractivity contribution in [2.24, 2.45) is 5.73 Å². The maximum Gasteiger partial charge on any atom is 0.326 e. The number of nitrogens with zero attached hydrogens (tertiary/aromatic N) is 1. The molecule has 0 aromatic heterocycles. The lowest BCUT2D eigenvalue weighted by atomic mass is 10.1. The molecule has 0 saturated heterocycles. The Balaban J connectivity index is 2.88. The summed E-state index contributed by atoms with van der Waals surface area (Å²) in [6.45, 7) is 0.989. The van der Waals surface area contributed by atoms with E-state index in [1.807, 2.05) is 0 Å². The van der Waals surface area contributed by atoms with Crippen molar-refractivity contribution >= 4 is 27.6 Å².